The van der Waals surface area contributed by atoms with Crippen LogP contribution in [-0.2, 0) is 10.4 Å². The molecule has 2 N–H and O–H groups in total. The van der Waals surface area contributed by atoms with Gasteiger partial charge in [-0.25, -0.2) is 9.78 Å². The van der Waals surface area contributed by atoms with Crippen LogP contribution >= 0.6 is 23.2 Å². The van der Waals surface area contributed by atoms with Crippen LogP contribution < -0.4 is 0 Å². The zero-order valence-electron chi connectivity index (χ0n) is 13.0. The molecule has 0 aliphatic rings. The summed E-state index contributed by atoms with van der Waals surface area (Å²) in [7, 11) is 0. The summed E-state index contributed by atoms with van der Waals surface area (Å²) in [4.78, 5) is 15.9. The fourth-order valence-corrected chi connectivity index (χ4v) is 3.26. The van der Waals surface area contributed by atoms with Crippen molar-refractivity contribution in [3.05, 3.63) is 52.5 Å². The van der Waals surface area contributed by atoms with Gasteiger partial charge in [0.25, 0.3) is 0 Å². The first-order valence-electron chi connectivity index (χ1n) is 6.97. The van der Waals surface area contributed by atoms with E-state index in [0.717, 1.165) is 0 Å². The molecule has 0 bridgehead atoms. The molecule has 2 aromatic rings. The van der Waals surface area contributed by atoms with Gasteiger partial charge in [0, 0.05) is 28.0 Å². The largest absolute Gasteiger partial charge is 0.480 e. The zero-order chi connectivity index (χ0) is 17.4. The molecule has 2 rings (SSSR count). The Bertz CT molecular complexity index is 711. The van der Waals surface area contributed by atoms with Gasteiger partial charge in [-0.05, 0) is 17.5 Å². The summed E-state index contributed by atoms with van der Waals surface area (Å²) in [5.41, 5.74) is -2.32. The first-order valence-corrected chi connectivity index (χ1v) is 7.72. The number of imidazole rings is 1. The second kappa shape index (κ2) is 6.15. The molecular weight excluding hydrogens is 339 g/mol. The number of hydrogen-bond acceptors (Lipinski definition) is 3. The zero-order valence-corrected chi connectivity index (χ0v) is 14.5. The van der Waals surface area contributed by atoms with Crippen LogP contribution in [0.25, 0.3) is 0 Å². The summed E-state index contributed by atoms with van der Waals surface area (Å²) in [6.45, 7) is 5.26. The van der Waals surface area contributed by atoms with Gasteiger partial charge >= 0.3 is 5.97 Å². The van der Waals surface area contributed by atoms with Gasteiger partial charge in [0.1, 0.15) is 5.60 Å². The molecule has 0 saturated heterocycles. The number of aliphatic hydroxyl groups is 1. The number of aromatic nitrogens is 2. The molecule has 0 saturated carbocycles. The molecule has 1 aromatic heterocycles. The number of rotatable bonds is 4. The Morgan fingerprint density at radius 2 is 1.96 bits per heavy atom. The monoisotopic (exact) mass is 356 g/mol. The van der Waals surface area contributed by atoms with Crippen molar-refractivity contribution in [3.63, 3.8) is 0 Å². The third-order valence-electron chi connectivity index (χ3n) is 3.94. The van der Waals surface area contributed by atoms with Gasteiger partial charge in [-0.15, -0.1) is 0 Å². The van der Waals surface area contributed by atoms with Crippen LogP contribution in [0.4, 0.5) is 0 Å². The summed E-state index contributed by atoms with van der Waals surface area (Å²) in [6.07, 6.45) is 4.32. The van der Waals surface area contributed by atoms with E-state index in [2.05, 4.69) is 4.98 Å². The van der Waals surface area contributed by atoms with Gasteiger partial charge in [-0.2, -0.15) is 0 Å². The Labute approximate surface area is 144 Å². The Kier molecular flexibility index (Phi) is 4.76. The highest BCUT2D eigenvalue weighted by molar-refractivity contribution is 6.35. The van der Waals surface area contributed by atoms with E-state index in [-0.39, 0.29) is 5.02 Å². The predicted molar refractivity (Wildman–Crippen MR) is 88.7 cm³/mol. The molecule has 124 valence electrons. The van der Waals surface area contributed by atoms with Gasteiger partial charge in [0.05, 0.1) is 6.33 Å². The molecule has 0 fully saturated rings. The smallest absolute Gasteiger partial charge is 0.330 e. The molecule has 0 aliphatic heterocycles. The summed E-state index contributed by atoms with van der Waals surface area (Å²) in [6, 6.07) is 3.32. The second-order valence-electron chi connectivity index (χ2n) is 6.39. The number of nitrogens with zero attached hydrogens (tertiary/aromatic N) is 2. The standard InChI is InChI=1S/C16H18Cl2N2O3/c1-15(2,3)16(23,11-5-4-10(17)8-12(11)18)13(14(21)22)20-7-6-19-9-20/h4-9,13,23H,1-3H3,(H,21,22). The lowest BCUT2D eigenvalue weighted by Crippen LogP contribution is -2.50. The Hall–Kier alpha value is -1.56. The molecule has 0 spiro atoms. The molecule has 1 heterocycles. The lowest BCUT2D eigenvalue weighted by molar-refractivity contribution is -0.163. The van der Waals surface area contributed by atoms with Crippen LogP contribution in [0.1, 0.15) is 32.4 Å². The van der Waals surface area contributed by atoms with Crippen molar-refractivity contribution in [1.29, 1.82) is 0 Å². The van der Waals surface area contributed by atoms with Gasteiger partial charge in [0.2, 0.25) is 0 Å². The third kappa shape index (κ3) is 3.09. The van der Waals surface area contributed by atoms with E-state index >= 15 is 0 Å². The van der Waals surface area contributed by atoms with Gasteiger partial charge in [-0.3, -0.25) is 0 Å². The number of carboxylic acids is 1. The van der Waals surface area contributed by atoms with Crippen molar-refractivity contribution in [2.45, 2.75) is 32.4 Å². The average molecular weight is 357 g/mol. The van der Waals surface area contributed by atoms with E-state index in [1.807, 2.05) is 0 Å². The van der Waals surface area contributed by atoms with E-state index in [1.165, 1.54) is 29.4 Å². The number of hydrogen-bond donors (Lipinski definition) is 2. The van der Waals surface area contributed by atoms with Crippen LogP contribution in [0.5, 0.6) is 0 Å². The summed E-state index contributed by atoms with van der Waals surface area (Å²) >= 11 is 12.2. The van der Waals surface area contributed by atoms with Crippen LogP contribution in [0.3, 0.4) is 0 Å². The number of benzene rings is 1. The minimum absolute atomic E-state index is 0.210. The second-order valence-corrected chi connectivity index (χ2v) is 7.23. The fraction of sp³-hybridized carbons (Fsp3) is 0.375. The lowest BCUT2D eigenvalue weighted by Gasteiger charge is -2.45. The summed E-state index contributed by atoms with van der Waals surface area (Å²) < 4.78 is 1.36. The van der Waals surface area contributed by atoms with Crippen molar-refractivity contribution < 1.29 is 15.0 Å². The Morgan fingerprint density at radius 1 is 1.30 bits per heavy atom. The number of carboxylic acid groups (broad SMARTS) is 1. The molecule has 0 radical (unpaired) electrons. The molecule has 0 amide bonds. The highest BCUT2D eigenvalue weighted by Crippen LogP contribution is 2.49. The van der Waals surface area contributed by atoms with Crippen LogP contribution in [0, 0.1) is 5.41 Å². The maximum absolute atomic E-state index is 12.0. The van der Waals surface area contributed by atoms with E-state index in [9.17, 15) is 15.0 Å². The quantitative estimate of drug-likeness (QED) is 0.874. The van der Waals surface area contributed by atoms with Gasteiger partial charge in [0.15, 0.2) is 6.04 Å². The van der Waals surface area contributed by atoms with Crippen molar-refractivity contribution in [3.8, 4) is 0 Å². The van der Waals surface area contributed by atoms with E-state index in [4.69, 9.17) is 23.2 Å². The number of aliphatic carboxylic acids is 1. The maximum Gasteiger partial charge on any atom is 0.330 e. The van der Waals surface area contributed by atoms with Crippen LogP contribution in [0.15, 0.2) is 36.9 Å². The van der Waals surface area contributed by atoms with Crippen molar-refractivity contribution in [2.24, 2.45) is 5.41 Å². The summed E-state index contributed by atoms with van der Waals surface area (Å²) in [5, 5.41) is 21.9. The minimum atomic E-state index is -1.79. The van der Waals surface area contributed by atoms with Crippen molar-refractivity contribution in [1.82, 2.24) is 9.55 Å². The van der Waals surface area contributed by atoms with Crippen molar-refractivity contribution in [2.75, 3.05) is 0 Å². The Morgan fingerprint density at radius 3 is 2.39 bits per heavy atom. The van der Waals surface area contributed by atoms with Gasteiger partial charge < -0.3 is 14.8 Å². The van der Waals surface area contributed by atoms with E-state index in [0.29, 0.717) is 10.6 Å². The molecule has 2 unspecified atom stereocenters. The van der Waals surface area contributed by atoms with E-state index < -0.39 is 23.0 Å². The molecule has 0 aliphatic carbocycles. The normalized spacial score (nSPS) is 15.9. The molecule has 1 aromatic carbocycles. The highest BCUT2D eigenvalue weighted by Gasteiger charge is 2.53. The first kappa shape index (κ1) is 17.8. The lowest BCUT2D eigenvalue weighted by atomic mass is 9.67. The maximum atomic E-state index is 12.0. The SMILES string of the molecule is CC(C)(C)C(O)(c1ccc(Cl)cc1Cl)C(C(=O)O)n1ccnc1. The average Bonchev–Trinajstić information content (AvgIpc) is 2.90. The highest BCUT2D eigenvalue weighted by atomic mass is 35.5. The fourth-order valence-electron chi connectivity index (χ4n) is 2.70. The molecule has 2 atom stereocenters. The van der Waals surface area contributed by atoms with E-state index in [1.54, 1.807) is 32.9 Å². The molecule has 5 nitrogen and oxygen atoms in total. The van der Waals surface area contributed by atoms with Crippen LogP contribution in [-0.4, -0.2) is 25.7 Å². The van der Waals surface area contributed by atoms with Gasteiger partial charge in [-0.1, -0.05) is 50.0 Å². The predicted octanol–water partition coefficient (Wildman–Crippen LogP) is 3.75. The first-order chi connectivity index (χ1) is 10.6. The summed E-state index contributed by atoms with van der Waals surface area (Å²) in [5.74, 6) is -1.19. The number of halogens is 2. The van der Waals surface area contributed by atoms with Crippen molar-refractivity contribution >= 4 is 29.2 Å². The molecule has 23 heavy (non-hydrogen) atoms. The Balaban J connectivity index is 2.75. The third-order valence-corrected chi connectivity index (χ3v) is 4.49. The minimum Gasteiger partial charge on any atom is -0.480 e. The van der Waals surface area contributed by atoms with Crippen LogP contribution in [0.2, 0.25) is 10.0 Å². The molecular formula is C16H18Cl2N2O3. The number of carbonyl (C=O) groups is 1. The molecule has 7 heteroatoms. The topological polar surface area (TPSA) is 75.3 Å².